The van der Waals surface area contributed by atoms with Gasteiger partial charge in [-0.2, -0.15) is 0 Å². The van der Waals surface area contributed by atoms with Gasteiger partial charge in [0.2, 0.25) is 5.91 Å². The summed E-state index contributed by atoms with van der Waals surface area (Å²) in [5, 5.41) is 3.27. The molecule has 1 N–H and O–H groups in total. The second kappa shape index (κ2) is 9.81. The average molecular weight is 378 g/mol. The zero-order valence-electron chi connectivity index (χ0n) is 13.6. The minimum Gasteiger partial charge on any atom is -0.339 e. The van der Waals surface area contributed by atoms with Gasteiger partial charge in [0.05, 0.1) is 5.56 Å². The average Bonchev–Trinajstić information content (AvgIpc) is 2.54. The van der Waals surface area contributed by atoms with Crippen LogP contribution >= 0.6 is 24.0 Å². The van der Waals surface area contributed by atoms with Crippen LogP contribution in [0.1, 0.15) is 23.2 Å². The van der Waals surface area contributed by atoms with Crippen molar-refractivity contribution in [2.75, 3.05) is 39.8 Å². The molecule has 0 radical (unpaired) electrons. The smallest absolute Gasteiger partial charge is 0.256 e. The number of amides is 2. The summed E-state index contributed by atoms with van der Waals surface area (Å²) in [6.07, 6.45) is 1.30. The van der Waals surface area contributed by atoms with Gasteiger partial charge in [-0.3, -0.25) is 9.59 Å². The van der Waals surface area contributed by atoms with E-state index in [-0.39, 0.29) is 34.8 Å². The van der Waals surface area contributed by atoms with Crippen LogP contribution in [0.5, 0.6) is 0 Å². The van der Waals surface area contributed by atoms with Crippen molar-refractivity contribution in [3.63, 3.8) is 0 Å². The first kappa shape index (κ1) is 20.7. The Labute approximate surface area is 152 Å². The predicted octanol–water partition coefficient (Wildman–Crippen LogP) is 2.18. The van der Waals surface area contributed by atoms with Crippen LogP contribution in [0.4, 0.5) is 4.39 Å². The highest BCUT2D eigenvalue weighted by Gasteiger charge is 2.26. The molecule has 24 heavy (non-hydrogen) atoms. The lowest BCUT2D eigenvalue weighted by atomic mass is 10.1. The minimum absolute atomic E-state index is 0. The molecule has 1 saturated heterocycles. The lowest BCUT2D eigenvalue weighted by Crippen LogP contribution is -2.50. The van der Waals surface area contributed by atoms with Gasteiger partial charge in [0.25, 0.3) is 5.91 Å². The molecule has 1 aliphatic rings. The number of carbonyl (C=O) groups excluding carboxylic acids is 2. The second-order valence-corrected chi connectivity index (χ2v) is 5.94. The van der Waals surface area contributed by atoms with Crippen LogP contribution in [0.3, 0.4) is 0 Å². The van der Waals surface area contributed by atoms with Crippen molar-refractivity contribution in [1.29, 1.82) is 0 Å². The minimum atomic E-state index is -0.618. The Morgan fingerprint density at radius 1 is 1.21 bits per heavy atom. The molecule has 0 atom stereocenters. The van der Waals surface area contributed by atoms with Crippen LogP contribution < -0.4 is 5.32 Å². The van der Waals surface area contributed by atoms with Crippen molar-refractivity contribution in [3.05, 3.63) is 34.6 Å². The first-order chi connectivity index (χ1) is 11.0. The van der Waals surface area contributed by atoms with Crippen molar-refractivity contribution in [2.24, 2.45) is 0 Å². The Balaban J connectivity index is 0.00000288. The number of carbonyl (C=O) groups is 2. The van der Waals surface area contributed by atoms with E-state index in [1.807, 2.05) is 7.05 Å². The van der Waals surface area contributed by atoms with Gasteiger partial charge in [-0.15, -0.1) is 12.4 Å². The zero-order chi connectivity index (χ0) is 16.8. The van der Waals surface area contributed by atoms with E-state index in [2.05, 4.69) is 5.32 Å². The molecule has 0 saturated carbocycles. The van der Waals surface area contributed by atoms with Crippen LogP contribution in [-0.4, -0.2) is 61.4 Å². The maximum absolute atomic E-state index is 13.8. The number of nitrogens with zero attached hydrogens (tertiary/aromatic N) is 2. The summed E-state index contributed by atoms with van der Waals surface area (Å²) in [7, 11) is 1.85. The van der Waals surface area contributed by atoms with E-state index in [4.69, 9.17) is 11.6 Å². The third kappa shape index (κ3) is 5.33. The molecule has 0 aliphatic carbocycles. The number of piperazine rings is 1. The van der Waals surface area contributed by atoms with Gasteiger partial charge in [-0.05, 0) is 38.2 Å². The van der Waals surface area contributed by atoms with E-state index in [1.165, 1.54) is 12.1 Å². The lowest BCUT2D eigenvalue weighted by Gasteiger charge is -2.35. The predicted molar refractivity (Wildman–Crippen MR) is 94.3 cm³/mol. The normalized spacial score (nSPS) is 14.3. The van der Waals surface area contributed by atoms with Crippen molar-refractivity contribution < 1.29 is 14.0 Å². The molecule has 1 aromatic carbocycles. The van der Waals surface area contributed by atoms with Gasteiger partial charge in [-0.25, -0.2) is 4.39 Å². The number of hydrogen-bond donors (Lipinski definition) is 1. The fourth-order valence-electron chi connectivity index (χ4n) is 2.57. The molecule has 1 aromatic rings. The molecule has 0 aromatic heterocycles. The Kier molecular flexibility index (Phi) is 8.45. The molecule has 5 nitrogen and oxygen atoms in total. The molecule has 2 rings (SSSR count). The van der Waals surface area contributed by atoms with E-state index >= 15 is 0 Å². The van der Waals surface area contributed by atoms with Gasteiger partial charge in [-0.1, -0.05) is 11.6 Å². The molecule has 0 bridgehead atoms. The molecule has 1 heterocycles. The van der Waals surface area contributed by atoms with Crippen LogP contribution in [0.2, 0.25) is 5.02 Å². The van der Waals surface area contributed by atoms with Crippen molar-refractivity contribution in [1.82, 2.24) is 15.1 Å². The maximum atomic E-state index is 13.8. The quantitative estimate of drug-likeness (QED) is 0.800. The number of halogens is 3. The van der Waals surface area contributed by atoms with Gasteiger partial charge >= 0.3 is 0 Å². The third-order valence-electron chi connectivity index (χ3n) is 3.90. The Hall–Kier alpha value is -1.37. The highest BCUT2D eigenvalue weighted by atomic mass is 35.5. The van der Waals surface area contributed by atoms with E-state index in [9.17, 15) is 14.0 Å². The van der Waals surface area contributed by atoms with Gasteiger partial charge in [0.15, 0.2) is 0 Å². The summed E-state index contributed by atoms with van der Waals surface area (Å²) in [6, 6.07) is 4.03. The second-order valence-electron chi connectivity index (χ2n) is 5.50. The van der Waals surface area contributed by atoms with Crippen LogP contribution in [0, 0.1) is 5.82 Å². The summed E-state index contributed by atoms with van der Waals surface area (Å²) in [5.41, 5.74) is 0.0168. The first-order valence-electron chi connectivity index (χ1n) is 7.69. The van der Waals surface area contributed by atoms with E-state index in [0.717, 1.165) is 19.0 Å². The Morgan fingerprint density at radius 2 is 1.83 bits per heavy atom. The standard InChI is InChI=1S/C16H21ClFN3O2.ClH/c1-19-6-2-3-15(22)20-7-9-21(10-8-20)16(23)13-5-4-12(17)11-14(13)18;/h4-5,11,19H,2-3,6-10H2,1H3;1H. The van der Waals surface area contributed by atoms with Gasteiger partial charge in [0, 0.05) is 37.6 Å². The SMILES string of the molecule is CNCCCC(=O)N1CCN(C(=O)c2ccc(Cl)cc2F)CC1.Cl. The Morgan fingerprint density at radius 3 is 2.42 bits per heavy atom. The van der Waals surface area contributed by atoms with Crippen LogP contribution in [0.15, 0.2) is 18.2 Å². The van der Waals surface area contributed by atoms with Gasteiger partial charge in [0.1, 0.15) is 5.82 Å². The van der Waals surface area contributed by atoms with Gasteiger partial charge < -0.3 is 15.1 Å². The topological polar surface area (TPSA) is 52.7 Å². The molecule has 134 valence electrons. The summed E-state index contributed by atoms with van der Waals surface area (Å²) in [4.78, 5) is 27.7. The number of benzene rings is 1. The molecule has 0 spiro atoms. The molecule has 1 aliphatic heterocycles. The van der Waals surface area contributed by atoms with Crippen molar-refractivity contribution >= 4 is 35.8 Å². The monoisotopic (exact) mass is 377 g/mol. The third-order valence-corrected chi connectivity index (χ3v) is 4.13. The highest BCUT2D eigenvalue weighted by Crippen LogP contribution is 2.17. The van der Waals surface area contributed by atoms with Crippen LogP contribution in [-0.2, 0) is 4.79 Å². The maximum Gasteiger partial charge on any atom is 0.256 e. The molecule has 8 heteroatoms. The van der Waals surface area contributed by atoms with E-state index in [1.54, 1.807) is 9.80 Å². The zero-order valence-corrected chi connectivity index (χ0v) is 15.1. The summed E-state index contributed by atoms with van der Waals surface area (Å²) < 4.78 is 13.8. The molecular weight excluding hydrogens is 356 g/mol. The summed E-state index contributed by atoms with van der Waals surface area (Å²) in [6.45, 7) is 2.61. The van der Waals surface area contributed by atoms with Crippen molar-refractivity contribution in [2.45, 2.75) is 12.8 Å². The van der Waals surface area contributed by atoms with E-state index in [0.29, 0.717) is 32.6 Å². The molecule has 0 unspecified atom stereocenters. The molecule has 1 fully saturated rings. The highest BCUT2D eigenvalue weighted by molar-refractivity contribution is 6.30. The number of rotatable bonds is 5. The molecular formula is C16H22Cl2FN3O2. The first-order valence-corrected chi connectivity index (χ1v) is 8.07. The lowest BCUT2D eigenvalue weighted by molar-refractivity contribution is -0.132. The fourth-order valence-corrected chi connectivity index (χ4v) is 2.73. The summed E-state index contributed by atoms with van der Waals surface area (Å²) in [5.74, 6) is -0.875. The molecule has 2 amide bonds. The van der Waals surface area contributed by atoms with Crippen LogP contribution in [0.25, 0.3) is 0 Å². The number of hydrogen-bond acceptors (Lipinski definition) is 3. The summed E-state index contributed by atoms with van der Waals surface area (Å²) >= 11 is 5.70. The fraction of sp³-hybridized carbons (Fsp3) is 0.500. The number of nitrogens with one attached hydrogen (secondary N) is 1. The largest absolute Gasteiger partial charge is 0.339 e. The van der Waals surface area contributed by atoms with E-state index < -0.39 is 5.82 Å². The van der Waals surface area contributed by atoms with Crippen molar-refractivity contribution in [3.8, 4) is 0 Å². The Bertz CT molecular complexity index is 578.